The van der Waals surface area contributed by atoms with Gasteiger partial charge in [-0.25, -0.2) is 14.8 Å². The Morgan fingerprint density at radius 1 is 0.723 bits per heavy atom. The maximum atomic E-state index is 13.6. The number of hydrogen-bond acceptors (Lipinski definition) is 20. The van der Waals surface area contributed by atoms with Crippen LogP contribution >= 0.6 is 0 Å². The fourth-order valence-electron chi connectivity index (χ4n) is 7.20. The number of aromatic nitrogens is 4. The Bertz CT molecular complexity index is 2580. The van der Waals surface area contributed by atoms with Crippen LogP contribution in [-0.2, 0) is 73.1 Å². The minimum absolute atomic E-state index is 0.0182. The summed E-state index contributed by atoms with van der Waals surface area (Å²) >= 11 is 0. The van der Waals surface area contributed by atoms with Crippen molar-refractivity contribution in [3.63, 3.8) is 0 Å². The van der Waals surface area contributed by atoms with Crippen LogP contribution in [0.5, 0.6) is 0 Å². The van der Waals surface area contributed by atoms with Crippen LogP contribution < -0.4 is 21.5 Å². The van der Waals surface area contributed by atoms with Gasteiger partial charge in [0.1, 0.15) is 43.0 Å². The lowest BCUT2D eigenvalue weighted by Gasteiger charge is -2.32. The number of nitrogens with zero attached hydrogens (tertiary/aromatic N) is 4. The Hall–Kier alpha value is -6.90. The average Bonchev–Trinajstić information content (AvgIpc) is 3.62. The van der Waals surface area contributed by atoms with Gasteiger partial charge in [-0.2, -0.15) is 18.2 Å². The number of aromatic amines is 1. The van der Waals surface area contributed by atoms with Crippen molar-refractivity contribution in [2.24, 2.45) is 5.41 Å². The molecule has 0 aliphatic rings. The molecule has 0 spiro atoms. The van der Waals surface area contributed by atoms with E-state index >= 15 is 0 Å². The molecule has 2 heterocycles. The summed E-state index contributed by atoms with van der Waals surface area (Å²) in [6.45, 7) is 12.1. The summed E-state index contributed by atoms with van der Waals surface area (Å²) in [5.74, 6) is 3.02. The molecule has 3 aromatic rings. The lowest BCUT2D eigenvalue weighted by Crippen LogP contribution is -2.44. The van der Waals surface area contributed by atoms with Crippen LogP contribution in [0.2, 0.25) is 0 Å². The van der Waals surface area contributed by atoms with Gasteiger partial charge in [-0.1, -0.05) is 24.7 Å². The highest BCUT2D eigenvalue weighted by Gasteiger charge is 2.43. The van der Waals surface area contributed by atoms with E-state index in [2.05, 4.69) is 43.0 Å². The van der Waals surface area contributed by atoms with Crippen molar-refractivity contribution in [1.82, 2.24) is 25.3 Å². The van der Waals surface area contributed by atoms with Gasteiger partial charge in [-0.05, 0) is 64.3 Å². The Kier molecular flexibility index (Phi) is 35.1. The lowest BCUT2D eigenvalue weighted by molar-refractivity contribution is -0.170. The van der Waals surface area contributed by atoms with E-state index in [0.29, 0.717) is 77.4 Å². The van der Waals surface area contributed by atoms with Gasteiger partial charge in [0.15, 0.2) is 11.2 Å². The number of alkyl halides is 3. The van der Waals surface area contributed by atoms with Crippen molar-refractivity contribution < 1.29 is 84.5 Å². The maximum absolute atomic E-state index is 13.6. The number of Topliss-reactive ketones (excluding diaryl/α,β-unsaturated/α-hetero) is 2. The van der Waals surface area contributed by atoms with Gasteiger partial charge in [0.25, 0.3) is 11.5 Å². The van der Waals surface area contributed by atoms with Crippen molar-refractivity contribution in [3.05, 3.63) is 52.1 Å². The number of anilines is 2. The monoisotopic (exact) mass is 1170 g/mol. The molecule has 1 aromatic carbocycles. The molecule has 0 radical (unpaired) electrons. The molecule has 1 atom stereocenters. The highest BCUT2D eigenvalue weighted by molar-refractivity contribution is 5.99. The number of hydrogen-bond donors (Lipinski definition) is 3. The quantitative estimate of drug-likeness (QED) is 0.0404. The average molecular weight is 1170 g/mol. The van der Waals surface area contributed by atoms with Crippen LogP contribution in [0.3, 0.4) is 0 Å². The molecule has 0 saturated carbocycles. The molecule has 458 valence electrons. The highest BCUT2D eigenvalue weighted by Crippen LogP contribution is 2.28. The number of fused-ring (bicyclic) bond motifs is 1. The molecule has 83 heavy (non-hydrogen) atoms. The van der Waals surface area contributed by atoms with Crippen molar-refractivity contribution in [1.29, 1.82) is 0 Å². The van der Waals surface area contributed by atoms with Crippen LogP contribution in [0, 0.1) is 42.4 Å². The Morgan fingerprint density at radius 3 is 1.80 bits per heavy atom. The van der Waals surface area contributed by atoms with Gasteiger partial charge >= 0.3 is 18.1 Å². The van der Waals surface area contributed by atoms with Gasteiger partial charge in [-0.15, -0.1) is 19.3 Å². The van der Waals surface area contributed by atoms with Crippen molar-refractivity contribution in [2.45, 2.75) is 97.0 Å². The normalized spacial score (nSPS) is 11.8. The number of nitrogens with two attached hydrogens (primary N) is 1. The fraction of sp³-hybridized carbons (Fsp3) is 0.596. The Morgan fingerprint density at radius 2 is 1.27 bits per heavy atom. The number of esters is 1. The SMILES string of the molecule is C#CCOCC(COCC#C)(COCC#C)CC(=O)CCOCCOCCOCCOC.CCCOCCOCCCC(=O)CC[C@H](NC(=O)c1ccc(N(Cc2cnc3nc(N)[nH]c(=O)c3n2)C(=O)C(F)(F)F)cc1)C(=O)OC(C)(C)C. The largest absolute Gasteiger partial charge is 0.471 e. The van der Waals surface area contributed by atoms with E-state index < -0.39 is 53.1 Å². The molecule has 0 aliphatic carbocycles. The number of carbonyl (C=O) groups excluding carboxylic acids is 5. The summed E-state index contributed by atoms with van der Waals surface area (Å²) in [6.07, 6.45) is 13.4. The first-order valence-corrected chi connectivity index (χ1v) is 26.6. The summed E-state index contributed by atoms with van der Waals surface area (Å²) < 4.78 is 94.7. The number of ether oxygens (including phenoxy) is 10. The smallest absolute Gasteiger partial charge is 0.458 e. The van der Waals surface area contributed by atoms with E-state index in [-0.39, 0.29) is 124 Å². The maximum Gasteiger partial charge on any atom is 0.471 e. The number of halogens is 3. The number of amides is 2. The van der Waals surface area contributed by atoms with E-state index in [1.54, 1.807) is 27.9 Å². The summed E-state index contributed by atoms with van der Waals surface area (Å²) in [6, 6.07) is 3.32. The molecule has 3 rings (SSSR count). The number of ketones is 2. The summed E-state index contributed by atoms with van der Waals surface area (Å²) in [4.78, 5) is 90.3. The number of methoxy groups -OCH3 is 1. The van der Waals surface area contributed by atoms with Crippen molar-refractivity contribution >= 4 is 52.1 Å². The van der Waals surface area contributed by atoms with Gasteiger partial charge in [0.05, 0.1) is 97.7 Å². The molecule has 0 fully saturated rings. The Labute approximate surface area is 482 Å². The van der Waals surface area contributed by atoms with Crippen molar-refractivity contribution in [3.8, 4) is 37.0 Å². The van der Waals surface area contributed by atoms with Crippen LogP contribution in [0.1, 0.15) is 88.7 Å². The molecule has 0 aliphatic heterocycles. The predicted molar refractivity (Wildman–Crippen MR) is 299 cm³/mol. The number of nitrogens with one attached hydrogen (secondary N) is 2. The molecule has 0 unspecified atom stereocenters. The molecule has 0 bridgehead atoms. The first-order valence-electron chi connectivity index (χ1n) is 26.6. The van der Waals surface area contributed by atoms with Crippen molar-refractivity contribution in [2.75, 3.05) is 130 Å². The highest BCUT2D eigenvalue weighted by atomic mass is 19.4. The van der Waals surface area contributed by atoms with Crippen LogP contribution in [0.4, 0.5) is 24.8 Å². The van der Waals surface area contributed by atoms with E-state index in [4.69, 9.17) is 72.4 Å². The van der Waals surface area contributed by atoms with Crippen LogP contribution in [-0.4, -0.2) is 187 Å². The zero-order chi connectivity index (χ0) is 61.5. The zero-order valence-corrected chi connectivity index (χ0v) is 47.9. The number of nitrogen functional groups attached to an aromatic ring is 1. The van der Waals surface area contributed by atoms with Gasteiger partial charge in [-0.3, -0.25) is 33.9 Å². The Balaban J connectivity index is 0.000000634. The van der Waals surface area contributed by atoms with E-state index in [9.17, 15) is 41.9 Å². The van der Waals surface area contributed by atoms with E-state index in [0.717, 1.165) is 36.9 Å². The van der Waals surface area contributed by atoms with Crippen LogP contribution in [0.15, 0.2) is 35.3 Å². The molecule has 26 heteroatoms. The summed E-state index contributed by atoms with van der Waals surface area (Å²) in [5.41, 5.74) is 2.14. The van der Waals surface area contributed by atoms with Gasteiger partial charge in [0, 0.05) is 62.7 Å². The number of rotatable bonds is 41. The van der Waals surface area contributed by atoms with E-state index in [1.165, 1.54) is 0 Å². The first kappa shape index (κ1) is 72.2. The second-order valence-electron chi connectivity index (χ2n) is 19.3. The molecular formula is C57H78F3N7O16. The molecule has 2 aromatic heterocycles. The summed E-state index contributed by atoms with van der Waals surface area (Å²) in [7, 11) is 1.62. The minimum Gasteiger partial charge on any atom is -0.458 e. The van der Waals surface area contributed by atoms with E-state index in [1.807, 2.05) is 6.92 Å². The fourth-order valence-corrected chi connectivity index (χ4v) is 7.20. The minimum atomic E-state index is -5.29. The molecule has 4 N–H and O–H groups in total. The number of terminal acetylenes is 3. The standard InChI is InChI=1S/C33H42F3N7O8.C24H36O8/c1-5-14-49-16-17-50-15-6-7-23(44)12-13-24(29(47)51-32(2,3)4)40-27(45)20-8-10-22(11-9-20)43(30(48)33(34,35)36)19-21-18-38-26-25(39-21)28(46)42-31(37)41-26;1-5-9-30-20-24(21-31-10-6-2,22-32-11-7-3)19-23(25)8-12-27-15-16-29-18-17-28-14-13-26-4/h8-11,18,24H,5-7,12-17,19H2,1-4H3,(H,40,45)(H3,37,38,41,42,46);1-3H,8-22H2,4H3/t24-;/m0./s1. The van der Waals surface area contributed by atoms with Gasteiger partial charge in [0.2, 0.25) is 5.95 Å². The second-order valence-corrected chi connectivity index (χ2v) is 19.3. The molecular weight excluding hydrogens is 1100 g/mol. The number of H-pyrrole nitrogens is 1. The third-order valence-corrected chi connectivity index (χ3v) is 11.0. The topological polar surface area (TPSA) is 290 Å². The van der Waals surface area contributed by atoms with Gasteiger partial charge < -0.3 is 58.4 Å². The third-order valence-electron chi connectivity index (χ3n) is 11.0. The molecule has 0 saturated heterocycles. The second kappa shape index (κ2) is 40.3. The third kappa shape index (κ3) is 30.8. The predicted octanol–water partition coefficient (Wildman–Crippen LogP) is 4.37. The lowest BCUT2D eigenvalue weighted by atomic mass is 9.84. The first-order chi connectivity index (χ1) is 39.6. The summed E-state index contributed by atoms with van der Waals surface area (Å²) in [5, 5.41) is 2.54. The zero-order valence-electron chi connectivity index (χ0n) is 47.9. The van der Waals surface area contributed by atoms with Crippen LogP contribution in [0.25, 0.3) is 11.2 Å². The number of benzene rings is 1. The number of carbonyl (C=O) groups is 5. The molecule has 2 amide bonds. The molecule has 23 nitrogen and oxygen atoms in total.